The molecule has 1 aliphatic carbocycles. The van der Waals surface area contributed by atoms with Crippen LogP contribution < -0.4 is 4.72 Å². The number of hydrogen-bond acceptors (Lipinski definition) is 3. The van der Waals surface area contributed by atoms with Crippen LogP contribution in [0.4, 0.5) is 0 Å². The first kappa shape index (κ1) is 15.3. The first-order chi connectivity index (χ1) is 9.29. The highest BCUT2D eigenvalue weighted by atomic mass is 35.5. The van der Waals surface area contributed by atoms with Gasteiger partial charge in [0.1, 0.15) is 6.04 Å². The first-order valence-corrected chi connectivity index (χ1v) is 8.17. The second kappa shape index (κ2) is 5.71. The van der Waals surface area contributed by atoms with Crippen LogP contribution in [-0.2, 0) is 14.8 Å². The van der Waals surface area contributed by atoms with Crippen molar-refractivity contribution in [2.24, 2.45) is 5.92 Å². The van der Waals surface area contributed by atoms with E-state index in [2.05, 4.69) is 4.72 Å². The highest BCUT2D eigenvalue weighted by molar-refractivity contribution is 7.89. The normalized spacial score (nSPS) is 16.9. The van der Waals surface area contributed by atoms with Crippen LogP contribution in [0.1, 0.15) is 24.8 Å². The molecule has 1 aliphatic rings. The van der Waals surface area contributed by atoms with Crippen LogP contribution in [0.2, 0.25) is 5.02 Å². The maximum absolute atomic E-state index is 12.3. The van der Waals surface area contributed by atoms with Gasteiger partial charge in [-0.25, -0.2) is 8.42 Å². The van der Waals surface area contributed by atoms with Gasteiger partial charge in [0.15, 0.2) is 0 Å². The number of carbonyl (C=O) groups is 1. The number of aryl methyl sites for hydroxylation is 1. The van der Waals surface area contributed by atoms with Gasteiger partial charge in [-0.3, -0.25) is 4.79 Å². The molecule has 0 aromatic heterocycles. The van der Waals surface area contributed by atoms with Crippen LogP contribution in [0.15, 0.2) is 23.1 Å². The number of benzene rings is 1. The standard InChI is InChI=1S/C13H16ClNO4S/c1-8-6-10(14)4-5-12(8)20(18,19)15-11(13(16)17)7-9-2-3-9/h4-6,9,11,15H,2-3,7H2,1H3,(H,16,17)/t11-/m0/s1. The summed E-state index contributed by atoms with van der Waals surface area (Å²) >= 11 is 5.79. The Labute approximate surface area is 123 Å². The van der Waals surface area contributed by atoms with Crippen molar-refractivity contribution in [3.05, 3.63) is 28.8 Å². The summed E-state index contributed by atoms with van der Waals surface area (Å²) < 4.78 is 26.8. The van der Waals surface area contributed by atoms with Crippen LogP contribution in [0.3, 0.4) is 0 Å². The van der Waals surface area contributed by atoms with Crippen molar-refractivity contribution in [1.82, 2.24) is 4.72 Å². The lowest BCUT2D eigenvalue weighted by molar-refractivity contribution is -0.139. The molecule has 0 unspecified atom stereocenters. The van der Waals surface area contributed by atoms with E-state index < -0.39 is 22.0 Å². The van der Waals surface area contributed by atoms with Gasteiger partial charge in [-0.05, 0) is 43.0 Å². The number of halogens is 1. The predicted molar refractivity (Wildman–Crippen MR) is 75.3 cm³/mol. The van der Waals surface area contributed by atoms with Crippen molar-refractivity contribution < 1.29 is 18.3 Å². The van der Waals surface area contributed by atoms with E-state index in [1.165, 1.54) is 18.2 Å². The van der Waals surface area contributed by atoms with Crippen LogP contribution in [0, 0.1) is 12.8 Å². The monoisotopic (exact) mass is 317 g/mol. The Kier molecular flexibility index (Phi) is 4.36. The van der Waals surface area contributed by atoms with E-state index >= 15 is 0 Å². The molecule has 1 fully saturated rings. The third kappa shape index (κ3) is 3.71. The summed E-state index contributed by atoms with van der Waals surface area (Å²) in [5, 5.41) is 9.56. The molecule has 1 atom stereocenters. The topological polar surface area (TPSA) is 83.5 Å². The Morgan fingerprint density at radius 3 is 2.65 bits per heavy atom. The van der Waals surface area contributed by atoms with E-state index in [0.29, 0.717) is 22.9 Å². The fraction of sp³-hybridized carbons (Fsp3) is 0.462. The Morgan fingerprint density at radius 1 is 1.50 bits per heavy atom. The second-order valence-electron chi connectivity index (χ2n) is 5.10. The number of rotatable bonds is 6. The molecule has 5 nitrogen and oxygen atoms in total. The molecule has 2 rings (SSSR count). The molecule has 2 N–H and O–H groups in total. The number of nitrogens with one attached hydrogen (secondary N) is 1. The number of hydrogen-bond donors (Lipinski definition) is 2. The molecule has 0 heterocycles. The number of carboxylic acids is 1. The lowest BCUT2D eigenvalue weighted by atomic mass is 10.1. The molecule has 110 valence electrons. The van der Waals surface area contributed by atoms with Crippen LogP contribution >= 0.6 is 11.6 Å². The molecule has 0 aliphatic heterocycles. The molecule has 1 aromatic rings. The summed E-state index contributed by atoms with van der Waals surface area (Å²) in [6, 6.07) is 3.31. The van der Waals surface area contributed by atoms with Gasteiger partial charge in [-0.1, -0.05) is 24.4 Å². The lowest BCUT2D eigenvalue weighted by Gasteiger charge is -2.15. The minimum absolute atomic E-state index is 0.0592. The summed E-state index contributed by atoms with van der Waals surface area (Å²) in [7, 11) is -3.86. The zero-order valence-electron chi connectivity index (χ0n) is 11.0. The molecule has 7 heteroatoms. The molecule has 20 heavy (non-hydrogen) atoms. The fourth-order valence-corrected chi connectivity index (χ4v) is 3.71. The molecule has 0 bridgehead atoms. The third-order valence-electron chi connectivity index (χ3n) is 3.29. The van der Waals surface area contributed by atoms with Crippen LogP contribution in [-0.4, -0.2) is 25.5 Å². The summed E-state index contributed by atoms with van der Waals surface area (Å²) in [6.07, 6.45) is 2.26. The van der Waals surface area contributed by atoms with Gasteiger partial charge in [0.25, 0.3) is 0 Å². The molecular weight excluding hydrogens is 302 g/mol. The van der Waals surface area contributed by atoms with Gasteiger partial charge < -0.3 is 5.11 Å². The highest BCUT2D eigenvalue weighted by Crippen LogP contribution is 2.34. The molecule has 1 saturated carbocycles. The molecule has 0 spiro atoms. The van der Waals surface area contributed by atoms with Crippen molar-refractivity contribution >= 4 is 27.6 Å². The van der Waals surface area contributed by atoms with Gasteiger partial charge in [0, 0.05) is 5.02 Å². The van der Waals surface area contributed by atoms with Crippen molar-refractivity contribution in [2.45, 2.75) is 37.1 Å². The van der Waals surface area contributed by atoms with E-state index in [1.54, 1.807) is 6.92 Å². The smallest absolute Gasteiger partial charge is 0.321 e. The average Bonchev–Trinajstić information content (AvgIpc) is 3.11. The summed E-state index contributed by atoms with van der Waals surface area (Å²) in [5.74, 6) is -0.836. The zero-order valence-corrected chi connectivity index (χ0v) is 12.5. The molecule has 0 saturated heterocycles. The SMILES string of the molecule is Cc1cc(Cl)ccc1S(=O)(=O)N[C@@H](CC1CC1)C(=O)O. The number of aliphatic carboxylic acids is 1. The Hall–Kier alpha value is -1.11. The molecule has 0 radical (unpaired) electrons. The maximum atomic E-state index is 12.3. The Morgan fingerprint density at radius 2 is 2.15 bits per heavy atom. The third-order valence-corrected chi connectivity index (χ3v) is 5.15. The van der Waals surface area contributed by atoms with Gasteiger partial charge in [-0.2, -0.15) is 4.72 Å². The molecule has 0 amide bonds. The minimum Gasteiger partial charge on any atom is -0.480 e. The lowest BCUT2D eigenvalue weighted by Crippen LogP contribution is -2.41. The van der Waals surface area contributed by atoms with Gasteiger partial charge >= 0.3 is 5.97 Å². The minimum atomic E-state index is -3.86. The van der Waals surface area contributed by atoms with Gasteiger partial charge in [-0.15, -0.1) is 0 Å². The number of carboxylic acid groups (broad SMARTS) is 1. The van der Waals surface area contributed by atoms with Gasteiger partial charge in [0.2, 0.25) is 10.0 Å². The van der Waals surface area contributed by atoms with Gasteiger partial charge in [0.05, 0.1) is 4.90 Å². The van der Waals surface area contributed by atoms with Crippen molar-refractivity contribution in [2.75, 3.05) is 0 Å². The summed E-state index contributed by atoms with van der Waals surface area (Å²) in [5.41, 5.74) is 0.487. The molecule has 1 aromatic carbocycles. The quantitative estimate of drug-likeness (QED) is 0.842. The van der Waals surface area contributed by atoms with Crippen LogP contribution in [0.25, 0.3) is 0 Å². The van der Waals surface area contributed by atoms with E-state index in [0.717, 1.165) is 12.8 Å². The predicted octanol–water partition coefficient (Wildman–Crippen LogP) is 2.18. The zero-order chi connectivity index (χ0) is 14.9. The first-order valence-electron chi connectivity index (χ1n) is 6.31. The van der Waals surface area contributed by atoms with E-state index in [4.69, 9.17) is 16.7 Å². The maximum Gasteiger partial charge on any atom is 0.321 e. The Bertz CT molecular complexity index is 625. The van der Waals surface area contributed by atoms with E-state index in [-0.39, 0.29) is 4.90 Å². The average molecular weight is 318 g/mol. The molecular formula is C13H16ClNO4S. The highest BCUT2D eigenvalue weighted by Gasteiger charge is 2.32. The van der Waals surface area contributed by atoms with Crippen molar-refractivity contribution in [3.8, 4) is 0 Å². The van der Waals surface area contributed by atoms with Crippen molar-refractivity contribution in [1.29, 1.82) is 0 Å². The van der Waals surface area contributed by atoms with E-state index in [1.807, 2.05) is 0 Å². The second-order valence-corrected chi connectivity index (χ2v) is 7.22. The van der Waals surface area contributed by atoms with Crippen molar-refractivity contribution in [3.63, 3.8) is 0 Å². The fourth-order valence-electron chi connectivity index (χ4n) is 2.05. The summed E-state index contributed by atoms with van der Waals surface area (Å²) in [4.78, 5) is 11.2. The Balaban J connectivity index is 2.22. The number of sulfonamides is 1. The van der Waals surface area contributed by atoms with E-state index in [9.17, 15) is 13.2 Å². The van der Waals surface area contributed by atoms with Crippen LogP contribution in [0.5, 0.6) is 0 Å². The summed E-state index contributed by atoms with van der Waals surface area (Å²) in [6.45, 7) is 1.62. The largest absolute Gasteiger partial charge is 0.480 e.